The number of fused-ring (bicyclic) bond motifs is 1. The Morgan fingerprint density at radius 1 is 1.13 bits per heavy atom. The monoisotopic (exact) mass is 333 g/mol. The minimum Gasteiger partial charge on any atom is -0.225 e. The third kappa shape index (κ3) is 2.14. The van der Waals surface area contributed by atoms with Crippen LogP contribution in [0.1, 0.15) is 0 Å². The minimum atomic E-state index is -3.61. The van der Waals surface area contributed by atoms with Gasteiger partial charge in [-0.3, -0.25) is 0 Å². The normalized spacial score (nSPS) is 11.9. The van der Waals surface area contributed by atoms with Gasteiger partial charge in [0.1, 0.15) is 0 Å². The molecule has 2 N–H and O–H groups in total. The van der Waals surface area contributed by atoms with E-state index in [0.717, 1.165) is 14.3 Å². The van der Waals surface area contributed by atoms with Gasteiger partial charge < -0.3 is 0 Å². The molecule has 2 aromatic rings. The zero-order valence-electron chi connectivity index (χ0n) is 7.64. The van der Waals surface area contributed by atoms with Crippen LogP contribution in [0, 0.1) is 3.57 Å². The summed E-state index contributed by atoms with van der Waals surface area (Å²) in [5, 5.41) is 6.98. The Kier molecular flexibility index (Phi) is 2.70. The first kappa shape index (κ1) is 10.8. The van der Waals surface area contributed by atoms with Crippen molar-refractivity contribution in [1.82, 2.24) is 0 Å². The number of nitrogens with two attached hydrogens (primary N) is 1. The zero-order valence-corrected chi connectivity index (χ0v) is 10.6. The lowest BCUT2D eigenvalue weighted by molar-refractivity contribution is 0.598. The van der Waals surface area contributed by atoms with Crippen LogP contribution >= 0.6 is 22.6 Å². The molecule has 0 unspecified atom stereocenters. The number of hydrogen-bond acceptors (Lipinski definition) is 2. The van der Waals surface area contributed by atoms with Crippen LogP contribution in [0.5, 0.6) is 0 Å². The van der Waals surface area contributed by atoms with E-state index in [1.54, 1.807) is 12.1 Å². The van der Waals surface area contributed by atoms with Crippen molar-refractivity contribution >= 4 is 43.4 Å². The number of hydrogen-bond donors (Lipinski definition) is 1. The van der Waals surface area contributed by atoms with Gasteiger partial charge in [0.05, 0.1) is 4.90 Å². The minimum absolute atomic E-state index is 0.152. The Morgan fingerprint density at radius 3 is 2.53 bits per heavy atom. The lowest BCUT2D eigenvalue weighted by Gasteiger charge is -2.03. The average Bonchev–Trinajstić information content (AvgIpc) is 2.16. The van der Waals surface area contributed by atoms with Crippen LogP contribution in [-0.4, -0.2) is 8.42 Å². The number of rotatable bonds is 1. The van der Waals surface area contributed by atoms with Gasteiger partial charge in [0.2, 0.25) is 10.0 Å². The van der Waals surface area contributed by atoms with Crippen molar-refractivity contribution in [3.63, 3.8) is 0 Å². The average molecular weight is 333 g/mol. The highest BCUT2D eigenvalue weighted by Gasteiger charge is 2.08. The summed E-state index contributed by atoms with van der Waals surface area (Å²) in [6.45, 7) is 0. The number of halogens is 1. The van der Waals surface area contributed by atoms with E-state index in [2.05, 4.69) is 22.6 Å². The lowest BCUT2D eigenvalue weighted by atomic mass is 10.1. The van der Waals surface area contributed by atoms with Crippen LogP contribution in [0.15, 0.2) is 41.3 Å². The highest BCUT2D eigenvalue weighted by Crippen LogP contribution is 2.23. The number of sulfonamides is 1. The molecule has 0 spiro atoms. The smallest absolute Gasteiger partial charge is 0.225 e. The van der Waals surface area contributed by atoms with Gasteiger partial charge in [-0.25, -0.2) is 13.6 Å². The molecule has 0 aliphatic carbocycles. The third-order valence-corrected chi connectivity index (χ3v) is 3.98. The van der Waals surface area contributed by atoms with Crippen molar-refractivity contribution < 1.29 is 8.42 Å². The van der Waals surface area contributed by atoms with E-state index >= 15 is 0 Å². The van der Waals surface area contributed by atoms with Gasteiger partial charge in [0.15, 0.2) is 0 Å². The van der Waals surface area contributed by atoms with Crippen molar-refractivity contribution in [2.75, 3.05) is 0 Å². The van der Waals surface area contributed by atoms with Crippen LogP contribution in [0.4, 0.5) is 0 Å². The fourth-order valence-electron chi connectivity index (χ4n) is 1.39. The van der Waals surface area contributed by atoms with Gasteiger partial charge in [0.25, 0.3) is 0 Å². The van der Waals surface area contributed by atoms with Crippen LogP contribution in [-0.2, 0) is 10.0 Å². The summed E-state index contributed by atoms with van der Waals surface area (Å²) in [6.07, 6.45) is 0. The molecule has 0 aromatic heterocycles. The first-order valence-corrected chi connectivity index (χ1v) is 6.82. The van der Waals surface area contributed by atoms with Crippen molar-refractivity contribution in [1.29, 1.82) is 0 Å². The summed E-state index contributed by atoms with van der Waals surface area (Å²) in [6, 6.07) is 10.7. The summed E-state index contributed by atoms with van der Waals surface area (Å²) in [4.78, 5) is 0.152. The van der Waals surface area contributed by atoms with Gasteiger partial charge in [-0.2, -0.15) is 0 Å². The molecule has 0 saturated carbocycles. The van der Waals surface area contributed by atoms with E-state index in [0.29, 0.717) is 0 Å². The van der Waals surface area contributed by atoms with Crippen molar-refractivity contribution in [2.24, 2.45) is 5.14 Å². The molecule has 0 saturated heterocycles. The molecule has 2 rings (SSSR count). The molecule has 0 heterocycles. The lowest BCUT2D eigenvalue weighted by Crippen LogP contribution is -2.11. The second-order valence-electron chi connectivity index (χ2n) is 3.17. The highest BCUT2D eigenvalue weighted by molar-refractivity contribution is 14.1. The summed E-state index contributed by atoms with van der Waals surface area (Å²) in [5.74, 6) is 0. The van der Waals surface area contributed by atoms with Crippen molar-refractivity contribution in [3.8, 4) is 0 Å². The Balaban J connectivity index is 2.81. The molecule has 3 nitrogen and oxygen atoms in total. The first-order chi connectivity index (χ1) is 6.98. The van der Waals surface area contributed by atoms with Crippen LogP contribution in [0.2, 0.25) is 0 Å². The summed E-state index contributed by atoms with van der Waals surface area (Å²) < 4.78 is 23.3. The van der Waals surface area contributed by atoms with E-state index in [9.17, 15) is 8.42 Å². The van der Waals surface area contributed by atoms with Gasteiger partial charge in [-0.1, -0.05) is 18.2 Å². The molecule has 0 radical (unpaired) electrons. The molecular weight excluding hydrogens is 325 g/mol. The topological polar surface area (TPSA) is 60.2 Å². The highest BCUT2D eigenvalue weighted by atomic mass is 127. The molecule has 0 aliphatic rings. The molecule has 5 heteroatoms. The van der Waals surface area contributed by atoms with E-state index in [1.165, 1.54) is 6.07 Å². The summed E-state index contributed by atoms with van der Waals surface area (Å²) in [7, 11) is -3.61. The van der Waals surface area contributed by atoms with Gasteiger partial charge in [-0.15, -0.1) is 0 Å². The Bertz CT molecular complexity index is 622. The third-order valence-electron chi connectivity index (χ3n) is 2.13. The molecule has 0 bridgehead atoms. The fraction of sp³-hybridized carbons (Fsp3) is 0. The predicted molar refractivity (Wildman–Crippen MR) is 68.0 cm³/mol. The van der Waals surface area contributed by atoms with Gasteiger partial charge in [-0.05, 0) is 51.6 Å². The maximum Gasteiger partial charge on any atom is 0.238 e. The number of benzene rings is 2. The second kappa shape index (κ2) is 3.73. The van der Waals surface area contributed by atoms with Crippen LogP contribution < -0.4 is 5.14 Å². The Labute approximate surface area is 101 Å². The zero-order chi connectivity index (χ0) is 11.1. The van der Waals surface area contributed by atoms with Crippen LogP contribution in [0.25, 0.3) is 10.8 Å². The maximum absolute atomic E-state index is 11.2. The SMILES string of the molecule is NS(=O)(=O)c1ccc2cccc(I)c2c1. The summed E-state index contributed by atoms with van der Waals surface area (Å²) >= 11 is 2.17. The second-order valence-corrected chi connectivity index (χ2v) is 5.89. The van der Waals surface area contributed by atoms with Crippen LogP contribution in [0.3, 0.4) is 0 Å². The van der Waals surface area contributed by atoms with Gasteiger partial charge >= 0.3 is 0 Å². The van der Waals surface area contributed by atoms with E-state index in [4.69, 9.17) is 5.14 Å². The largest absolute Gasteiger partial charge is 0.238 e. The molecule has 0 atom stereocenters. The van der Waals surface area contributed by atoms with E-state index in [1.807, 2.05) is 18.2 Å². The van der Waals surface area contributed by atoms with Gasteiger partial charge in [0, 0.05) is 3.57 Å². The molecule has 0 fully saturated rings. The predicted octanol–water partition coefficient (Wildman–Crippen LogP) is 2.09. The molecule has 0 aliphatic heterocycles. The Morgan fingerprint density at radius 2 is 1.87 bits per heavy atom. The van der Waals surface area contributed by atoms with Crippen molar-refractivity contribution in [3.05, 3.63) is 40.0 Å². The molecule has 78 valence electrons. The molecular formula is C10H8INO2S. The van der Waals surface area contributed by atoms with E-state index in [-0.39, 0.29) is 4.90 Å². The fourth-order valence-corrected chi connectivity index (χ4v) is 2.61. The first-order valence-electron chi connectivity index (χ1n) is 4.19. The quantitative estimate of drug-likeness (QED) is 0.813. The maximum atomic E-state index is 11.2. The van der Waals surface area contributed by atoms with E-state index < -0.39 is 10.0 Å². The standard InChI is InChI=1S/C10H8INO2S/c11-10-3-1-2-7-4-5-8(6-9(7)10)15(12,13)14/h1-6H,(H2,12,13,14). The molecule has 0 amide bonds. The molecule has 15 heavy (non-hydrogen) atoms. The Hall–Kier alpha value is -0.660. The molecule has 2 aromatic carbocycles. The van der Waals surface area contributed by atoms with Crippen molar-refractivity contribution in [2.45, 2.75) is 4.90 Å². The number of primary sulfonamides is 1. The summed E-state index contributed by atoms with van der Waals surface area (Å²) in [5.41, 5.74) is 0.